The van der Waals surface area contributed by atoms with E-state index in [4.69, 9.17) is 0 Å². The molecule has 1 aliphatic rings. The summed E-state index contributed by atoms with van der Waals surface area (Å²) < 4.78 is 0. The van der Waals surface area contributed by atoms with Gasteiger partial charge in [0.05, 0.1) is 0 Å². The molecule has 2 rings (SSSR count). The van der Waals surface area contributed by atoms with E-state index < -0.39 is 0 Å². The number of phenolic OH excluding ortho intramolecular Hbond substituents is 1. The van der Waals surface area contributed by atoms with Crippen LogP contribution in [0.3, 0.4) is 0 Å². The Labute approximate surface area is 131 Å². The van der Waals surface area contributed by atoms with E-state index in [1.54, 1.807) is 0 Å². The van der Waals surface area contributed by atoms with E-state index in [0.717, 1.165) is 5.56 Å². The smallest absolute Gasteiger partial charge is 0.123 e. The van der Waals surface area contributed by atoms with Crippen LogP contribution in [0.5, 0.6) is 5.75 Å². The van der Waals surface area contributed by atoms with Gasteiger partial charge in [-0.25, -0.2) is 0 Å². The molecule has 0 saturated heterocycles. The highest BCUT2D eigenvalue weighted by Gasteiger charge is 2.33. The first-order chi connectivity index (χ1) is 9.28. The minimum Gasteiger partial charge on any atom is -0.507 e. The van der Waals surface area contributed by atoms with Crippen molar-refractivity contribution < 1.29 is 5.11 Å². The molecule has 0 spiro atoms. The standard InChI is InChI=1S/C18H27BrO/c1-17(2,3)14-10-13(12-19)16(20)15(11-14)18(4)8-6-5-7-9-18/h10-11,20H,5-9,12H2,1-4H3. The number of hydrogen-bond donors (Lipinski definition) is 1. The summed E-state index contributed by atoms with van der Waals surface area (Å²) in [6.07, 6.45) is 6.27. The molecule has 0 aliphatic heterocycles. The molecule has 0 atom stereocenters. The summed E-state index contributed by atoms with van der Waals surface area (Å²) >= 11 is 3.53. The molecule has 0 bridgehead atoms. The molecule has 1 aromatic rings. The Bertz CT molecular complexity index is 479. The van der Waals surface area contributed by atoms with Gasteiger partial charge in [-0.2, -0.15) is 0 Å². The predicted octanol–water partition coefficient (Wildman–Crippen LogP) is 5.81. The normalized spacial score (nSPS) is 19.1. The molecule has 0 amide bonds. The Balaban J connectivity index is 2.56. The fraction of sp³-hybridized carbons (Fsp3) is 0.667. The van der Waals surface area contributed by atoms with Gasteiger partial charge >= 0.3 is 0 Å². The molecule has 0 heterocycles. The number of halogens is 1. The average Bonchev–Trinajstić information content (AvgIpc) is 2.38. The van der Waals surface area contributed by atoms with Crippen molar-refractivity contribution in [3.05, 3.63) is 28.8 Å². The molecule has 1 aliphatic carbocycles. The molecule has 20 heavy (non-hydrogen) atoms. The van der Waals surface area contributed by atoms with E-state index in [-0.39, 0.29) is 10.8 Å². The lowest BCUT2D eigenvalue weighted by molar-refractivity contribution is 0.307. The molecule has 1 N–H and O–H groups in total. The zero-order valence-electron chi connectivity index (χ0n) is 13.2. The number of phenols is 1. The van der Waals surface area contributed by atoms with Crippen LogP contribution in [0.2, 0.25) is 0 Å². The number of benzene rings is 1. The minimum atomic E-state index is 0.115. The van der Waals surface area contributed by atoms with Crippen LogP contribution in [0.1, 0.15) is 76.5 Å². The van der Waals surface area contributed by atoms with Crippen LogP contribution in [0, 0.1) is 0 Å². The fourth-order valence-corrected chi connectivity index (χ4v) is 3.72. The van der Waals surface area contributed by atoms with Gasteiger partial charge in [-0.15, -0.1) is 0 Å². The lowest BCUT2D eigenvalue weighted by Gasteiger charge is -2.36. The second-order valence-electron chi connectivity index (χ2n) is 7.54. The average molecular weight is 339 g/mol. The first-order valence-electron chi connectivity index (χ1n) is 7.71. The number of aromatic hydroxyl groups is 1. The van der Waals surface area contributed by atoms with E-state index in [1.165, 1.54) is 43.2 Å². The number of alkyl halides is 1. The van der Waals surface area contributed by atoms with Gasteiger partial charge < -0.3 is 5.11 Å². The fourth-order valence-electron chi connectivity index (χ4n) is 3.29. The summed E-state index contributed by atoms with van der Waals surface area (Å²) in [6.45, 7) is 9.05. The van der Waals surface area contributed by atoms with Crippen molar-refractivity contribution in [3.63, 3.8) is 0 Å². The lowest BCUT2D eigenvalue weighted by atomic mass is 9.69. The van der Waals surface area contributed by atoms with Gasteiger partial charge in [0.2, 0.25) is 0 Å². The highest BCUT2D eigenvalue weighted by Crippen LogP contribution is 2.45. The molecule has 0 unspecified atom stereocenters. The van der Waals surface area contributed by atoms with Crippen molar-refractivity contribution in [1.29, 1.82) is 0 Å². The molecule has 1 fully saturated rings. The second kappa shape index (κ2) is 5.71. The predicted molar refractivity (Wildman–Crippen MR) is 89.9 cm³/mol. The third-order valence-corrected chi connectivity index (χ3v) is 5.41. The van der Waals surface area contributed by atoms with E-state index in [1.807, 2.05) is 0 Å². The summed E-state index contributed by atoms with van der Waals surface area (Å²) in [7, 11) is 0. The van der Waals surface area contributed by atoms with Crippen LogP contribution in [-0.4, -0.2) is 5.11 Å². The Hall–Kier alpha value is -0.500. The van der Waals surface area contributed by atoms with Crippen molar-refractivity contribution in [3.8, 4) is 5.75 Å². The molecular weight excluding hydrogens is 312 g/mol. The summed E-state index contributed by atoms with van der Waals surface area (Å²) in [6, 6.07) is 4.41. The van der Waals surface area contributed by atoms with Crippen molar-refractivity contribution in [2.75, 3.05) is 0 Å². The van der Waals surface area contributed by atoms with Gasteiger partial charge in [0.25, 0.3) is 0 Å². The first kappa shape index (κ1) is 15.9. The quantitative estimate of drug-likeness (QED) is 0.675. The zero-order chi connectivity index (χ0) is 15.0. The highest BCUT2D eigenvalue weighted by atomic mass is 79.9. The van der Waals surface area contributed by atoms with Crippen molar-refractivity contribution >= 4 is 15.9 Å². The molecule has 1 saturated carbocycles. The van der Waals surface area contributed by atoms with E-state index in [0.29, 0.717) is 11.1 Å². The lowest BCUT2D eigenvalue weighted by Crippen LogP contribution is -2.26. The summed E-state index contributed by atoms with van der Waals surface area (Å²) in [4.78, 5) is 0. The van der Waals surface area contributed by atoms with Gasteiger partial charge in [-0.05, 0) is 29.2 Å². The van der Waals surface area contributed by atoms with Crippen LogP contribution < -0.4 is 0 Å². The van der Waals surface area contributed by atoms with Crippen LogP contribution in [0.25, 0.3) is 0 Å². The Morgan fingerprint density at radius 2 is 1.75 bits per heavy atom. The van der Waals surface area contributed by atoms with Crippen LogP contribution in [-0.2, 0) is 16.2 Å². The van der Waals surface area contributed by atoms with Crippen LogP contribution in [0.15, 0.2) is 12.1 Å². The molecule has 0 radical (unpaired) electrons. The monoisotopic (exact) mass is 338 g/mol. The Kier molecular flexibility index (Phi) is 4.53. The van der Waals surface area contributed by atoms with E-state index in [2.05, 4.69) is 55.8 Å². The third kappa shape index (κ3) is 3.05. The maximum atomic E-state index is 10.7. The maximum absolute atomic E-state index is 10.7. The van der Waals surface area contributed by atoms with E-state index >= 15 is 0 Å². The van der Waals surface area contributed by atoms with Gasteiger partial charge in [-0.3, -0.25) is 0 Å². The van der Waals surface area contributed by atoms with Crippen LogP contribution in [0.4, 0.5) is 0 Å². The molecule has 112 valence electrons. The summed E-state index contributed by atoms with van der Waals surface area (Å²) in [5.41, 5.74) is 3.77. The number of rotatable bonds is 2. The maximum Gasteiger partial charge on any atom is 0.123 e. The number of hydrogen-bond acceptors (Lipinski definition) is 1. The van der Waals surface area contributed by atoms with Gasteiger partial charge in [-0.1, -0.05) is 75.0 Å². The summed E-state index contributed by atoms with van der Waals surface area (Å²) in [5, 5.41) is 11.4. The molecule has 1 aromatic carbocycles. The van der Waals surface area contributed by atoms with Crippen LogP contribution >= 0.6 is 15.9 Å². The van der Waals surface area contributed by atoms with Gasteiger partial charge in [0.15, 0.2) is 0 Å². The summed E-state index contributed by atoms with van der Waals surface area (Å²) in [5.74, 6) is 0.513. The minimum absolute atomic E-state index is 0.115. The van der Waals surface area contributed by atoms with E-state index in [9.17, 15) is 5.11 Å². The third-order valence-electron chi connectivity index (χ3n) is 4.81. The SMILES string of the molecule is CC(C)(C)c1cc(CBr)c(O)c(C2(C)CCCCC2)c1. The second-order valence-corrected chi connectivity index (χ2v) is 8.10. The van der Waals surface area contributed by atoms with Crippen molar-refractivity contribution in [2.24, 2.45) is 0 Å². The Morgan fingerprint density at radius 1 is 1.15 bits per heavy atom. The van der Waals surface area contributed by atoms with Gasteiger partial charge in [0.1, 0.15) is 5.75 Å². The molecule has 0 aromatic heterocycles. The largest absolute Gasteiger partial charge is 0.507 e. The zero-order valence-corrected chi connectivity index (χ0v) is 14.8. The molecular formula is C18H27BrO. The molecule has 2 heteroatoms. The first-order valence-corrected chi connectivity index (χ1v) is 8.83. The van der Waals surface area contributed by atoms with Crippen molar-refractivity contribution in [1.82, 2.24) is 0 Å². The Morgan fingerprint density at radius 3 is 2.25 bits per heavy atom. The topological polar surface area (TPSA) is 20.2 Å². The molecule has 1 nitrogen and oxygen atoms in total. The highest BCUT2D eigenvalue weighted by molar-refractivity contribution is 9.08. The van der Waals surface area contributed by atoms with Crippen molar-refractivity contribution in [2.45, 2.75) is 76.0 Å². The van der Waals surface area contributed by atoms with Gasteiger partial charge in [0, 0.05) is 16.5 Å².